The van der Waals surface area contributed by atoms with Gasteiger partial charge in [-0.15, -0.1) is 0 Å². The summed E-state index contributed by atoms with van der Waals surface area (Å²) in [5.41, 5.74) is 2.71. The molecule has 1 aromatic rings. The van der Waals surface area contributed by atoms with Gasteiger partial charge in [-0.1, -0.05) is 38.1 Å². The molecular formula is C15H25NOS. The van der Waals surface area contributed by atoms with Crippen LogP contribution in [0.3, 0.4) is 0 Å². The van der Waals surface area contributed by atoms with E-state index in [0.717, 1.165) is 18.7 Å². The van der Waals surface area contributed by atoms with E-state index in [4.69, 9.17) is 5.11 Å². The Morgan fingerprint density at radius 1 is 1.33 bits per heavy atom. The average molecular weight is 267 g/mol. The fourth-order valence-electron chi connectivity index (χ4n) is 1.87. The van der Waals surface area contributed by atoms with Crippen molar-refractivity contribution in [1.82, 2.24) is 5.32 Å². The Kier molecular flexibility index (Phi) is 7.40. The molecule has 2 nitrogen and oxygen atoms in total. The van der Waals surface area contributed by atoms with Crippen LogP contribution in [-0.4, -0.2) is 29.3 Å². The molecular weight excluding hydrogens is 242 g/mol. The molecule has 1 rings (SSSR count). The van der Waals surface area contributed by atoms with Gasteiger partial charge in [0.25, 0.3) is 0 Å². The fourth-order valence-corrected chi connectivity index (χ4v) is 2.79. The van der Waals surface area contributed by atoms with Gasteiger partial charge >= 0.3 is 0 Å². The van der Waals surface area contributed by atoms with Crippen LogP contribution in [0.1, 0.15) is 37.4 Å². The molecule has 0 fully saturated rings. The summed E-state index contributed by atoms with van der Waals surface area (Å²) in [7, 11) is 0. The third-order valence-corrected chi connectivity index (χ3v) is 4.25. The Hall–Kier alpha value is -0.510. The number of benzene rings is 1. The first-order valence-electron chi connectivity index (χ1n) is 6.70. The number of aliphatic hydroxyl groups excluding tert-OH is 1. The zero-order chi connectivity index (χ0) is 13.4. The van der Waals surface area contributed by atoms with Crippen LogP contribution in [0.2, 0.25) is 0 Å². The Bertz CT molecular complexity index is 343. The Labute approximate surface area is 115 Å². The van der Waals surface area contributed by atoms with E-state index in [1.165, 1.54) is 11.1 Å². The van der Waals surface area contributed by atoms with Crippen molar-refractivity contribution in [1.29, 1.82) is 0 Å². The number of thioether (sulfide) groups is 1. The molecule has 0 saturated carbocycles. The summed E-state index contributed by atoms with van der Waals surface area (Å²) < 4.78 is 0. The third-order valence-electron chi connectivity index (χ3n) is 3.01. The molecule has 102 valence electrons. The molecule has 0 amide bonds. The molecule has 0 bridgehead atoms. The summed E-state index contributed by atoms with van der Waals surface area (Å²) in [6, 6.07) is 8.93. The monoisotopic (exact) mass is 267 g/mol. The molecule has 2 atom stereocenters. The lowest BCUT2D eigenvalue weighted by Crippen LogP contribution is -2.25. The van der Waals surface area contributed by atoms with Crippen LogP contribution in [-0.2, 0) is 0 Å². The number of aliphatic hydroxyl groups is 1. The molecule has 18 heavy (non-hydrogen) atoms. The van der Waals surface area contributed by atoms with E-state index >= 15 is 0 Å². The topological polar surface area (TPSA) is 32.3 Å². The van der Waals surface area contributed by atoms with Crippen LogP contribution in [0, 0.1) is 6.92 Å². The van der Waals surface area contributed by atoms with Crippen molar-refractivity contribution in [2.75, 3.05) is 18.9 Å². The van der Waals surface area contributed by atoms with Crippen molar-refractivity contribution in [3.63, 3.8) is 0 Å². The van der Waals surface area contributed by atoms with Gasteiger partial charge in [-0.25, -0.2) is 0 Å². The van der Waals surface area contributed by atoms with Gasteiger partial charge in [0, 0.05) is 17.0 Å². The molecule has 0 aliphatic rings. The van der Waals surface area contributed by atoms with E-state index < -0.39 is 0 Å². The highest BCUT2D eigenvalue weighted by atomic mass is 32.2. The minimum absolute atomic E-state index is 0.249. The maximum Gasteiger partial charge on any atom is 0.0547 e. The van der Waals surface area contributed by atoms with E-state index in [2.05, 4.69) is 50.4 Å². The normalized spacial score (nSPS) is 14.4. The van der Waals surface area contributed by atoms with Gasteiger partial charge < -0.3 is 10.4 Å². The van der Waals surface area contributed by atoms with Crippen molar-refractivity contribution in [3.05, 3.63) is 35.4 Å². The highest BCUT2D eigenvalue weighted by Crippen LogP contribution is 2.23. The fraction of sp³-hybridized carbons (Fsp3) is 0.600. The van der Waals surface area contributed by atoms with Gasteiger partial charge in [-0.05, 0) is 31.0 Å². The second kappa shape index (κ2) is 8.57. The standard InChI is InChI=1S/C15H25NOS/c1-4-9-16-15(11-18-13(3)10-17)14-8-6-5-7-12(14)2/h5-8,13,15-17H,4,9-11H2,1-3H3. The molecule has 0 aromatic heterocycles. The number of hydrogen-bond donors (Lipinski definition) is 2. The first-order chi connectivity index (χ1) is 8.69. The summed E-state index contributed by atoms with van der Waals surface area (Å²) in [6.45, 7) is 7.70. The van der Waals surface area contributed by atoms with Crippen molar-refractivity contribution in [2.45, 2.75) is 38.5 Å². The highest BCUT2D eigenvalue weighted by molar-refractivity contribution is 7.99. The molecule has 0 heterocycles. The van der Waals surface area contributed by atoms with Crippen molar-refractivity contribution >= 4 is 11.8 Å². The summed E-state index contributed by atoms with van der Waals surface area (Å²) in [4.78, 5) is 0. The maximum atomic E-state index is 9.11. The van der Waals surface area contributed by atoms with Crippen LogP contribution in [0.5, 0.6) is 0 Å². The summed E-state index contributed by atoms with van der Waals surface area (Å²) in [6.07, 6.45) is 1.14. The van der Waals surface area contributed by atoms with Crippen LogP contribution in [0.15, 0.2) is 24.3 Å². The van der Waals surface area contributed by atoms with Gasteiger partial charge in [0.1, 0.15) is 0 Å². The zero-order valence-electron chi connectivity index (χ0n) is 11.6. The van der Waals surface area contributed by atoms with Gasteiger partial charge in [-0.3, -0.25) is 0 Å². The van der Waals surface area contributed by atoms with E-state index in [0.29, 0.717) is 11.3 Å². The van der Waals surface area contributed by atoms with Gasteiger partial charge in [0.15, 0.2) is 0 Å². The molecule has 0 radical (unpaired) electrons. The van der Waals surface area contributed by atoms with E-state index in [-0.39, 0.29) is 6.61 Å². The third kappa shape index (κ3) is 5.01. The maximum absolute atomic E-state index is 9.11. The van der Waals surface area contributed by atoms with Crippen LogP contribution in [0.4, 0.5) is 0 Å². The molecule has 2 N–H and O–H groups in total. The number of aryl methyl sites for hydroxylation is 1. The molecule has 3 heteroatoms. The average Bonchev–Trinajstić information content (AvgIpc) is 2.39. The Morgan fingerprint density at radius 2 is 2.06 bits per heavy atom. The van der Waals surface area contributed by atoms with Crippen LogP contribution >= 0.6 is 11.8 Å². The van der Waals surface area contributed by atoms with Crippen molar-refractivity contribution in [3.8, 4) is 0 Å². The number of nitrogens with one attached hydrogen (secondary N) is 1. The van der Waals surface area contributed by atoms with Crippen LogP contribution < -0.4 is 5.32 Å². The lowest BCUT2D eigenvalue weighted by Gasteiger charge is -2.22. The molecule has 0 spiro atoms. The zero-order valence-corrected chi connectivity index (χ0v) is 12.5. The summed E-state index contributed by atoms with van der Waals surface area (Å²) in [5, 5.41) is 13.0. The van der Waals surface area contributed by atoms with E-state index in [1.807, 2.05) is 11.8 Å². The summed E-state index contributed by atoms with van der Waals surface area (Å²) >= 11 is 1.83. The van der Waals surface area contributed by atoms with Crippen molar-refractivity contribution in [2.24, 2.45) is 0 Å². The van der Waals surface area contributed by atoms with Gasteiger partial charge in [0.2, 0.25) is 0 Å². The SMILES string of the molecule is CCCNC(CSC(C)CO)c1ccccc1C. The molecule has 2 unspecified atom stereocenters. The predicted octanol–water partition coefficient (Wildman–Crippen LogP) is 3.15. The Morgan fingerprint density at radius 3 is 2.67 bits per heavy atom. The minimum atomic E-state index is 0.249. The smallest absolute Gasteiger partial charge is 0.0547 e. The van der Waals surface area contributed by atoms with Crippen LogP contribution in [0.25, 0.3) is 0 Å². The second-order valence-corrected chi connectivity index (χ2v) is 6.16. The number of rotatable bonds is 8. The minimum Gasteiger partial charge on any atom is -0.395 e. The van der Waals surface area contributed by atoms with E-state index in [1.54, 1.807) is 0 Å². The lowest BCUT2D eigenvalue weighted by molar-refractivity contribution is 0.300. The summed E-state index contributed by atoms with van der Waals surface area (Å²) in [5.74, 6) is 1.01. The first kappa shape index (κ1) is 15.5. The number of hydrogen-bond acceptors (Lipinski definition) is 3. The lowest BCUT2D eigenvalue weighted by atomic mass is 10.0. The Balaban J connectivity index is 2.68. The van der Waals surface area contributed by atoms with Gasteiger partial charge in [-0.2, -0.15) is 11.8 Å². The molecule has 0 aliphatic heterocycles. The van der Waals surface area contributed by atoms with E-state index in [9.17, 15) is 0 Å². The largest absolute Gasteiger partial charge is 0.395 e. The predicted molar refractivity (Wildman–Crippen MR) is 81.2 cm³/mol. The van der Waals surface area contributed by atoms with Crippen molar-refractivity contribution < 1.29 is 5.11 Å². The van der Waals surface area contributed by atoms with Gasteiger partial charge in [0.05, 0.1) is 6.61 Å². The highest BCUT2D eigenvalue weighted by Gasteiger charge is 2.14. The molecule has 0 saturated heterocycles. The second-order valence-electron chi connectivity index (χ2n) is 4.69. The quantitative estimate of drug-likeness (QED) is 0.759. The molecule has 1 aromatic carbocycles. The molecule has 0 aliphatic carbocycles. The first-order valence-corrected chi connectivity index (χ1v) is 7.75.